The van der Waals surface area contributed by atoms with Crippen LogP contribution in [0.1, 0.15) is 24.1 Å². The van der Waals surface area contributed by atoms with Gasteiger partial charge in [-0.25, -0.2) is 0 Å². The molecule has 21 heavy (non-hydrogen) atoms. The van der Waals surface area contributed by atoms with E-state index in [1.54, 1.807) is 19.2 Å². The van der Waals surface area contributed by atoms with Gasteiger partial charge in [0.1, 0.15) is 11.5 Å². The van der Waals surface area contributed by atoms with Crippen molar-refractivity contribution in [2.45, 2.75) is 19.4 Å². The molecule has 0 aliphatic carbocycles. The Bertz CT molecular complexity index is 578. The summed E-state index contributed by atoms with van der Waals surface area (Å²) < 4.78 is 5.13. The summed E-state index contributed by atoms with van der Waals surface area (Å²) >= 11 is 0. The van der Waals surface area contributed by atoms with E-state index in [0.29, 0.717) is 6.61 Å². The first-order valence-corrected chi connectivity index (χ1v) is 6.96. The minimum Gasteiger partial charge on any atom is -0.508 e. The topological polar surface area (TPSA) is 61.7 Å². The number of nitrogens with one attached hydrogen (secondary N) is 1. The van der Waals surface area contributed by atoms with Crippen molar-refractivity contribution < 1.29 is 14.9 Å². The first kappa shape index (κ1) is 15.2. The number of hydrogen-bond acceptors (Lipinski definition) is 4. The zero-order valence-electron chi connectivity index (χ0n) is 12.3. The molecule has 0 fully saturated rings. The van der Waals surface area contributed by atoms with Gasteiger partial charge in [0, 0.05) is 24.9 Å². The second-order valence-corrected chi connectivity index (χ2v) is 5.05. The summed E-state index contributed by atoms with van der Waals surface area (Å²) in [6, 6.07) is 12.6. The van der Waals surface area contributed by atoms with E-state index in [1.165, 1.54) is 11.6 Å². The van der Waals surface area contributed by atoms with Crippen LogP contribution < -0.4 is 5.32 Å². The second kappa shape index (κ2) is 6.99. The molecule has 0 spiro atoms. The second-order valence-electron chi connectivity index (χ2n) is 5.05. The summed E-state index contributed by atoms with van der Waals surface area (Å²) in [5.41, 5.74) is 3.04. The molecule has 4 nitrogen and oxygen atoms in total. The van der Waals surface area contributed by atoms with Crippen molar-refractivity contribution in [2.75, 3.05) is 19.0 Å². The van der Waals surface area contributed by atoms with Gasteiger partial charge in [-0.1, -0.05) is 18.2 Å². The number of hydrogen-bond donors (Lipinski definition) is 3. The zero-order chi connectivity index (χ0) is 15.2. The molecule has 112 valence electrons. The molecule has 4 heteroatoms. The van der Waals surface area contributed by atoms with E-state index in [1.807, 2.05) is 25.1 Å². The Morgan fingerprint density at radius 2 is 1.76 bits per heavy atom. The molecular weight excluding hydrogens is 266 g/mol. The highest BCUT2D eigenvalue weighted by Gasteiger charge is 2.10. The Hall–Kier alpha value is -2.20. The highest BCUT2D eigenvalue weighted by Crippen LogP contribution is 2.28. The van der Waals surface area contributed by atoms with E-state index >= 15 is 0 Å². The molecule has 0 bridgehead atoms. The van der Waals surface area contributed by atoms with Gasteiger partial charge in [-0.15, -0.1) is 0 Å². The Kier molecular flexibility index (Phi) is 5.06. The summed E-state index contributed by atoms with van der Waals surface area (Å²) in [6.07, 6.45) is 0.831. The van der Waals surface area contributed by atoms with Crippen LogP contribution in [0.5, 0.6) is 11.5 Å². The van der Waals surface area contributed by atoms with Crippen molar-refractivity contribution in [3.63, 3.8) is 0 Å². The maximum Gasteiger partial charge on any atom is 0.119 e. The minimum atomic E-state index is -0.0355. The fourth-order valence-corrected chi connectivity index (χ4v) is 2.28. The Balaban J connectivity index is 2.17. The highest BCUT2D eigenvalue weighted by molar-refractivity contribution is 5.53. The first-order valence-electron chi connectivity index (χ1n) is 6.96. The fourth-order valence-electron chi connectivity index (χ4n) is 2.28. The van der Waals surface area contributed by atoms with Gasteiger partial charge in [0.25, 0.3) is 0 Å². The molecule has 1 atom stereocenters. The number of phenolic OH excluding ortho intramolecular Hbond substituents is 2. The van der Waals surface area contributed by atoms with Crippen molar-refractivity contribution in [3.05, 3.63) is 53.6 Å². The van der Waals surface area contributed by atoms with Crippen LogP contribution in [-0.4, -0.2) is 23.9 Å². The van der Waals surface area contributed by atoms with E-state index in [0.717, 1.165) is 17.7 Å². The third-order valence-electron chi connectivity index (χ3n) is 3.39. The summed E-state index contributed by atoms with van der Waals surface area (Å²) in [4.78, 5) is 0. The van der Waals surface area contributed by atoms with E-state index in [9.17, 15) is 10.2 Å². The number of anilines is 1. The molecule has 0 aliphatic rings. The summed E-state index contributed by atoms with van der Waals surface area (Å²) in [6.45, 7) is 2.65. The van der Waals surface area contributed by atoms with Crippen LogP contribution in [0.2, 0.25) is 0 Å². The van der Waals surface area contributed by atoms with Crippen LogP contribution in [0.15, 0.2) is 42.5 Å². The molecule has 3 N–H and O–H groups in total. The third kappa shape index (κ3) is 4.13. The highest BCUT2D eigenvalue weighted by atomic mass is 16.5. The quantitative estimate of drug-likeness (QED) is 0.761. The van der Waals surface area contributed by atoms with Gasteiger partial charge in [-0.2, -0.15) is 0 Å². The zero-order valence-corrected chi connectivity index (χ0v) is 12.3. The Morgan fingerprint density at radius 3 is 2.43 bits per heavy atom. The van der Waals surface area contributed by atoms with Crippen LogP contribution in [0, 0.1) is 0 Å². The molecule has 0 heterocycles. The number of ether oxygens (including phenoxy) is 1. The van der Waals surface area contributed by atoms with E-state index in [2.05, 4.69) is 11.4 Å². The summed E-state index contributed by atoms with van der Waals surface area (Å²) in [5.74, 6) is 0.123. The first-order chi connectivity index (χ1) is 10.1. The number of phenols is 2. The number of para-hydroxylation sites is 1. The average molecular weight is 287 g/mol. The molecular formula is C17H21NO3. The number of aromatic hydroxyl groups is 2. The fraction of sp³-hybridized carbons (Fsp3) is 0.294. The van der Waals surface area contributed by atoms with Gasteiger partial charge >= 0.3 is 0 Å². The normalized spacial score (nSPS) is 12.1. The smallest absolute Gasteiger partial charge is 0.119 e. The largest absolute Gasteiger partial charge is 0.508 e. The number of rotatable bonds is 6. The lowest BCUT2D eigenvalue weighted by Crippen LogP contribution is -2.09. The Morgan fingerprint density at radius 1 is 1.10 bits per heavy atom. The average Bonchev–Trinajstić information content (AvgIpc) is 2.45. The lowest BCUT2D eigenvalue weighted by molar-refractivity contribution is 0.202. The summed E-state index contributed by atoms with van der Waals surface area (Å²) in [7, 11) is 1.69. The maximum atomic E-state index is 9.58. The standard InChI is InChI=1S/C17H21NO3/c1-12(14-9-15(19)11-16(20)10-14)18-17-6-4-3-5-13(17)7-8-21-2/h3-6,9-12,18-20H,7-8H2,1-2H3. The predicted molar refractivity (Wildman–Crippen MR) is 83.8 cm³/mol. The van der Waals surface area contributed by atoms with Crippen LogP contribution in [-0.2, 0) is 11.2 Å². The van der Waals surface area contributed by atoms with Gasteiger partial charge in [-0.05, 0) is 42.7 Å². The molecule has 2 aromatic carbocycles. The van der Waals surface area contributed by atoms with Crippen LogP contribution in [0.4, 0.5) is 5.69 Å². The van der Waals surface area contributed by atoms with Crippen LogP contribution >= 0.6 is 0 Å². The van der Waals surface area contributed by atoms with E-state index < -0.39 is 0 Å². The van der Waals surface area contributed by atoms with Crippen molar-refractivity contribution in [2.24, 2.45) is 0 Å². The number of methoxy groups -OCH3 is 1. The number of benzene rings is 2. The molecule has 0 radical (unpaired) electrons. The maximum absolute atomic E-state index is 9.58. The lowest BCUT2D eigenvalue weighted by Gasteiger charge is -2.19. The van der Waals surface area contributed by atoms with Crippen molar-refractivity contribution in [3.8, 4) is 11.5 Å². The molecule has 2 aromatic rings. The molecule has 0 aromatic heterocycles. The van der Waals surface area contributed by atoms with Crippen molar-refractivity contribution >= 4 is 5.69 Å². The lowest BCUT2D eigenvalue weighted by atomic mass is 10.1. The van der Waals surface area contributed by atoms with Crippen molar-refractivity contribution in [1.82, 2.24) is 0 Å². The SMILES string of the molecule is COCCc1ccccc1NC(C)c1cc(O)cc(O)c1. The molecule has 0 saturated heterocycles. The monoisotopic (exact) mass is 287 g/mol. The van der Waals surface area contributed by atoms with Gasteiger partial charge < -0.3 is 20.3 Å². The van der Waals surface area contributed by atoms with Crippen LogP contribution in [0.25, 0.3) is 0 Å². The van der Waals surface area contributed by atoms with Gasteiger partial charge in [-0.3, -0.25) is 0 Å². The third-order valence-corrected chi connectivity index (χ3v) is 3.39. The molecule has 2 rings (SSSR count). The summed E-state index contributed by atoms with van der Waals surface area (Å²) in [5, 5.41) is 22.6. The molecule has 0 saturated carbocycles. The van der Waals surface area contributed by atoms with E-state index in [4.69, 9.17) is 4.74 Å². The Labute approximate surface area is 125 Å². The van der Waals surface area contributed by atoms with Gasteiger partial charge in [0.2, 0.25) is 0 Å². The molecule has 1 unspecified atom stereocenters. The van der Waals surface area contributed by atoms with E-state index in [-0.39, 0.29) is 17.5 Å². The van der Waals surface area contributed by atoms with Gasteiger partial charge in [0.15, 0.2) is 0 Å². The van der Waals surface area contributed by atoms with Crippen molar-refractivity contribution in [1.29, 1.82) is 0 Å². The minimum absolute atomic E-state index is 0.0355. The predicted octanol–water partition coefficient (Wildman–Crippen LogP) is 3.46. The van der Waals surface area contributed by atoms with Crippen LogP contribution in [0.3, 0.4) is 0 Å². The molecule has 0 amide bonds. The van der Waals surface area contributed by atoms with Gasteiger partial charge in [0.05, 0.1) is 6.61 Å². The molecule has 0 aliphatic heterocycles.